The first kappa shape index (κ1) is 23.4. The Morgan fingerprint density at radius 3 is 2.03 bits per heavy atom. The van der Waals surface area contributed by atoms with Crippen molar-refractivity contribution in [3.05, 3.63) is 59.7 Å². The number of hydrogen-bond donors (Lipinski definition) is 3. The molecule has 0 aliphatic heterocycles. The predicted molar refractivity (Wildman–Crippen MR) is 131 cm³/mol. The van der Waals surface area contributed by atoms with E-state index in [1.807, 2.05) is 36.4 Å². The molecule has 2 aromatic carbocycles. The average Bonchev–Trinajstić information content (AvgIpc) is 3.75. The Kier molecular flexibility index (Phi) is 6.26. The Labute approximate surface area is 205 Å². The summed E-state index contributed by atoms with van der Waals surface area (Å²) in [5.74, 6) is -0.528. The van der Waals surface area contributed by atoms with Crippen molar-refractivity contribution in [2.45, 2.75) is 62.9 Å². The van der Waals surface area contributed by atoms with Crippen molar-refractivity contribution in [2.24, 2.45) is 11.8 Å². The molecule has 184 valence electrons. The first-order chi connectivity index (χ1) is 16.9. The van der Waals surface area contributed by atoms with Crippen LogP contribution < -0.4 is 10.6 Å². The largest absolute Gasteiger partial charge is 0.481 e. The van der Waals surface area contributed by atoms with Gasteiger partial charge in [-0.25, -0.2) is 4.79 Å². The second-order valence-electron chi connectivity index (χ2n) is 10.3. The second-order valence-corrected chi connectivity index (χ2v) is 10.3. The van der Waals surface area contributed by atoms with Gasteiger partial charge in [-0.3, -0.25) is 9.59 Å². The predicted octanol–water partition coefficient (Wildman–Crippen LogP) is 4.45. The topological polar surface area (TPSA) is 105 Å². The van der Waals surface area contributed by atoms with Crippen molar-refractivity contribution in [3.8, 4) is 11.1 Å². The van der Waals surface area contributed by atoms with Crippen LogP contribution >= 0.6 is 0 Å². The second kappa shape index (κ2) is 9.36. The molecule has 7 heteroatoms. The summed E-state index contributed by atoms with van der Waals surface area (Å²) in [6, 6.07) is 15.2. The molecule has 1 unspecified atom stereocenters. The van der Waals surface area contributed by atoms with Gasteiger partial charge in [0.05, 0.1) is 0 Å². The van der Waals surface area contributed by atoms with Gasteiger partial charge in [-0.05, 0) is 73.1 Å². The Bertz CT molecular complexity index is 1080. The number of carboxylic acid groups (broad SMARTS) is 1. The molecule has 3 N–H and O–H groups in total. The number of carbonyl (C=O) groups excluding carboxylic acids is 2. The van der Waals surface area contributed by atoms with Crippen molar-refractivity contribution in [3.63, 3.8) is 0 Å². The van der Waals surface area contributed by atoms with Crippen molar-refractivity contribution in [2.75, 3.05) is 6.61 Å². The monoisotopic (exact) mass is 476 g/mol. The molecule has 1 atom stereocenters. The van der Waals surface area contributed by atoms with Gasteiger partial charge in [0, 0.05) is 17.9 Å². The van der Waals surface area contributed by atoms with Crippen molar-refractivity contribution < 1.29 is 24.2 Å². The van der Waals surface area contributed by atoms with E-state index in [0.717, 1.165) is 47.9 Å². The van der Waals surface area contributed by atoms with Crippen LogP contribution in [-0.4, -0.2) is 41.3 Å². The van der Waals surface area contributed by atoms with Crippen LogP contribution in [0.15, 0.2) is 48.5 Å². The van der Waals surface area contributed by atoms with Gasteiger partial charge in [0.15, 0.2) is 0 Å². The minimum Gasteiger partial charge on any atom is -0.481 e. The van der Waals surface area contributed by atoms with Crippen LogP contribution in [0.1, 0.15) is 62.5 Å². The minimum absolute atomic E-state index is 0.0107. The molecule has 3 aliphatic carbocycles. The summed E-state index contributed by atoms with van der Waals surface area (Å²) >= 11 is 0. The highest BCUT2D eigenvalue weighted by Gasteiger charge is 2.52. The number of rotatable bonds is 10. The zero-order chi connectivity index (χ0) is 24.6. The van der Waals surface area contributed by atoms with Crippen LogP contribution in [0.4, 0.5) is 4.79 Å². The van der Waals surface area contributed by atoms with Gasteiger partial charge in [0.2, 0.25) is 5.91 Å². The fourth-order valence-corrected chi connectivity index (χ4v) is 5.58. The van der Waals surface area contributed by atoms with Crippen LogP contribution in [0.3, 0.4) is 0 Å². The fourth-order valence-electron chi connectivity index (χ4n) is 5.58. The van der Waals surface area contributed by atoms with Gasteiger partial charge in [0.25, 0.3) is 0 Å². The summed E-state index contributed by atoms with van der Waals surface area (Å²) in [5.41, 5.74) is 4.18. The number of hydrogen-bond acceptors (Lipinski definition) is 4. The molecule has 0 aromatic heterocycles. The van der Waals surface area contributed by atoms with Gasteiger partial charge in [0.1, 0.15) is 12.6 Å². The molecule has 2 saturated carbocycles. The van der Waals surface area contributed by atoms with E-state index in [1.54, 1.807) is 0 Å². The third kappa shape index (κ3) is 4.90. The Balaban J connectivity index is 1.25. The molecule has 5 rings (SSSR count). The van der Waals surface area contributed by atoms with E-state index in [1.165, 1.54) is 0 Å². The Morgan fingerprint density at radius 1 is 0.971 bits per heavy atom. The number of fused-ring (bicyclic) bond motifs is 3. The number of amides is 2. The Hall–Kier alpha value is -3.35. The number of aliphatic carboxylic acids is 1. The minimum atomic E-state index is -1.01. The van der Waals surface area contributed by atoms with Gasteiger partial charge < -0.3 is 20.5 Å². The van der Waals surface area contributed by atoms with Crippen molar-refractivity contribution in [1.82, 2.24) is 10.6 Å². The maximum absolute atomic E-state index is 13.2. The highest BCUT2D eigenvalue weighted by molar-refractivity contribution is 5.87. The van der Waals surface area contributed by atoms with Crippen LogP contribution in [0.5, 0.6) is 0 Å². The SMILES string of the molecule is CC(NC(=O)C(CCC(=O)O)NC(=O)OCC1c2ccccc2-c2ccccc21)(C1CC1)C1CC1. The van der Waals surface area contributed by atoms with E-state index in [2.05, 4.69) is 29.7 Å². The molecule has 2 amide bonds. The number of benzene rings is 2. The number of nitrogens with one attached hydrogen (secondary N) is 2. The standard InChI is InChI=1S/C28H32N2O5/c1-28(17-10-11-17,18-12-13-18)30-26(33)24(14-15-25(31)32)29-27(34)35-16-23-21-8-4-2-6-19(21)20-7-3-5-9-22(20)23/h2-9,17-18,23-24H,10-16H2,1H3,(H,29,34)(H,30,33)(H,31,32). The quantitative estimate of drug-likeness (QED) is 0.470. The maximum Gasteiger partial charge on any atom is 0.407 e. The first-order valence-corrected chi connectivity index (χ1v) is 12.5. The third-order valence-electron chi connectivity index (χ3n) is 7.84. The Morgan fingerprint density at radius 2 is 1.51 bits per heavy atom. The molecule has 3 aliphatic rings. The zero-order valence-corrected chi connectivity index (χ0v) is 20.0. The van der Waals surface area contributed by atoms with E-state index >= 15 is 0 Å². The number of carbonyl (C=O) groups is 3. The van der Waals surface area contributed by atoms with Gasteiger partial charge in [-0.15, -0.1) is 0 Å². The molecule has 0 bridgehead atoms. The molecule has 2 aromatic rings. The van der Waals surface area contributed by atoms with E-state index in [4.69, 9.17) is 9.84 Å². The molecule has 0 heterocycles. The fraction of sp³-hybridized carbons (Fsp3) is 0.464. The smallest absolute Gasteiger partial charge is 0.407 e. The lowest BCUT2D eigenvalue weighted by atomic mass is 9.89. The summed E-state index contributed by atoms with van der Waals surface area (Å²) in [5, 5.41) is 15.0. The molecule has 0 saturated heterocycles. The van der Waals surface area contributed by atoms with Crippen LogP contribution in [0.2, 0.25) is 0 Å². The summed E-state index contributed by atoms with van der Waals surface area (Å²) in [6.45, 7) is 2.22. The molecule has 35 heavy (non-hydrogen) atoms. The molecule has 7 nitrogen and oxygen atoms in total. The average molecular weight is 477 g/mol. The highest BCUT2D eigenvalue weighted by Crippen LogP contribution is 2.52. The third-order valence-corrected chi connectivity index (χ3v) is 7.84. The van der Waals surface area contributed by atoms with Crippen LogP contribution in [-0.2, 0) is 14.3 Å². The summed E-state index contributed by atoms with van der Waals surface area (Å²) in [7, 11) is 0. The molecule has 0 radical (unpaired) electrons. The lowest BCUT2D eigenvalue weighted by Crippen LogP contribution is -2.56. The number of alkyl carbamates (subject to hydrolysis) is 1. The van der Waals surface area contributed by atoms with Crippen LogP contribution in [0, 0.1) is 11.8 Å². The zero-order valence-electron chi connectivity index (χ0n) is 20.0. The van der Waals surface area contributed by atoms with Gasteiger partial charge in [-0.1, -0.05) is 48.5 Å². The van der Waals surface area contributed by atoms with Gasteiger partial charge >= 0.3 is 12.1 Å². The molecule has 2 fully saturated rings. The molecule has 0 spiro atoms. The van der Waals surface area contributed by atoms with Crippen molar-refractivity contribution in [1.29, 1.82) is 0 Å². The van der Waals surface area contributed by atoms with E-state index in [9.17, 15) is 14.4 Å². The number of carboxylic acids is 1. The normalized spacial score (nSPS) is 17.7. The first-order valence-electron chi connectivity index (χ1n) is 12.5. The lowest BCUT2D eigenvalue weighted by molar-refractivity contribution is -0.137. The van der Waals surface area contributed by atoms with Gasteiger partial charge in [-0.2, -0.15) is 0 Å². The highest BCUT2D eigenvalue weighted by atomic mass is 16.5. The van der Waals surface area contributed by atoms with Crippen LogP contribution in [0.25, 0.3) is 11.1 Å². The molecular formula is C28H32N2O5. The summed E-state index contributed by atoms with van der Waals surface area (Å²) in [6.07, 6.45) is 3.44. The summed E-state index contributed by atoms with van der Waals surface area (Å²) in [4.78, 5) is 37.2. The van der Waals surface area contributed by atoms with Crippen molar-refractivity contribution >= 4 is 18.0 Å². The van der Waals surface area contributed by atoms with E-state index in [-0.39, 0.29) is 36.8 Å². The maximum atomic E-state index is 13.2. The van der Waals surface area contributed by atoms with E-state index in [0.29, 0.717) is 11.8 Å². The lowest BCUT2D eigenvalue weighted by Gasteiger charge is -2.33. The van der Waals surface area contributed by atoms with E-state index < -0.39 is 18.1 Å². The molecular weight excluding hydrogens is 444 g/mol. The number of ether oxygens (including phenoxy) is 1. The summed E-state index contributed by atoms with van der Waals surface area (Å²) < 4.78 is 5.60.